The van der Waals surface area contributed by atoms with Gasteiger partial charge in [0.1, 0.15) is 6.54 Å². The van der Waals surface area contributed by atoms with E-state index in [0.717, 1.165) is 24.8 Å². The van der Waals surface area contributed by atoms with Crippen LogP contribution in [0.4, 0.5) is 5.95 Å². The maximum atomic E-state index is 12.1. The molecule has 8 heteroatoms. The molecule has 1 N–H and O–H groups in total. The number of nitrogens with one attached hydrogen (secondary N) is 1. The van der Waals surface area contributed by atoms with E-state index in [1.165, 1.54) is 16.6 Å². The summed E-state index contributed by atoms with van der Waals surface area (Å²) >= 11 is 0. The van der Waals surface area contributed by atoms with Gasteiger partial charge in [0.2, 0.25) is 12.2 Å². The zero-order valence-electron chi connectivity index (χ0n) is 11.8. The van der Waals surface area contributed by atoms with Gasteiger partial charge in [-0.1, -0.05) is 29.2 Å². The largest absolute Gasteiger partial charge is 0.490 e. The van der Waals surface area contributed by atoms with E-state index in [0.29, 0.717) is 0 Å². The maximum absolute atomic E-state index is 12.1. The van der Waals surface area contributed by atoms with Crippen LogP contribution in [-0.2, 0) is 17.8 Å². The Hall–Kier alpha value is -2.77. The van der Waals surface area contributed by atoms with Crippen molar-refractivity contribution in [2.75, 3.05) is 0 Å². The molecule has 0 saturated heterocycles. The number of carbonyl (C=O) groups is 1. The van der Waals surface area contributed by atoms with Gasteiger partial charge in [0.05, 0.1) is 6.04 Å². The molecule has 0 aliphatic heterocycles. The first-order valence-electron chi connectivity index (χ1n) is 7.04. The van der Waals surface area contributed by atoms with E-state index in [1.807, 2.05) is 18.2 Å². The fourth-order valence-electron chi connectivity index (χ4n) is 2.74. The minimum atomic E-state index is -0.689. The van der Waals surface area contributed by atoms with E-state index in [9.17, 15) is 14.9 Å². The second-order valence-corrected chi connectivity index (χ2v) is 5.21. The molecule has 2 aromatic rings. The monoisotopic (exact) mass is 301 g/mol. The third-order valence-corrected chi connectivity index (χ3v) is 3.70. The summed E-state index contributed by atoms with van der Waals surface area (Å²) in [6, 6.07) is 8.05. The number of hydrogen-bond donors (Lipinski definition) is 1. The number of benzene rings is 1. The molecule has 1 heterocycles. The average Bonchev–Trinajstić information content (AvgIpc) is 2.96. The summed E-state index contributed by atoms with van der Waals surface area (Å²) in [4.78, 5) is 25.5. The lowest BCUT2D eigenvalue weighted by Gasteiger charge is -2.26. The molecule has 114 valence electrons. The number of amides is 1. The molecule has 0 saturated carbocycles. The van der Waals surface area contributed by atoms with Crippen molar-refractivity contribution in [2.45, 2.75) is 31.8 Å². The molecule has 3 rings (SSSR count). The Bertz CT molecular complexity index is 712. The number of carbonyl (C=O) groups excluding carboxylic acids is 1. The first kappa shape index (κ1) is 14.2. The molecular weight excluding hydrogens is 286 g/mol. The molecule has 0 radical (unpaired) electrons. The Kier molecular flexibility index (Phi) is 3.82. The van der Waals surface area contributed by atoms with Crippen LogP contribution in [0.25, 0.3) is 0 Å². The van der Waals surface area contributed by atoms with Crippen molar-refractivity contribution in [3.63, 3.8) is 0 Å². The highest BCUT2D eigenvalue weighted by Gasteiger charge is 2.22. The van der Waals surface area contributed by atoms with Crippen LogP contribution in [0.15, 0.2) is 30.6 Å². The molecule has 0 spiro atoms. The zero-order chi connectivity index (χ0) is 15.5. The zero-order valence-corrected chi connectivity index (χ0v) is 11.8. The van der Waals surface area contributed by atoms with E-state index >= 15 is 0 Å². The van der Waals surface area contributed by atoms with Gasteiger partial charge < -0.3 is 15.4 Å². The van der Waals surface area contributed by atoms with Crippen molar-refractivity contribution in [3.8, 4) is 0 Å². The van der Waals surface area contributed by atoms with Crippen LogP contribution in [0.2, 0.25) is 0 Å². The number of rotatable bonds is 4. The molecule has 22 heavy (non-hydrogen) atoms. The summed E-state index contributed by atoms with van der Waals surface area (Å²) in [5.74, 6) is -0.739. The van der Waals surface area contributed by atoms with Crippen molar-refractivity contribution in [1.29, 1.82) is 0 Å². The molecule has 0 fully saturated rings. The molecule has 1 atom stereocenters. The lowest BCUT2D eigenvalue weighted by Crippen LogP contribution is -2.33. The fraction of sp³-hybridized carbons (Fsp3) is 0.357. The number of aromatic nitrogens is 3. The predicted molar refractivity (Wildman–Crippen MR) is 76.9 cm³/mol. The fourth-order valence-corrected chi connectivity index (χ4v) is 2.74. The molecule has 1 aromatic heterocycles. The number of hydrogen-bond acceptors (Lipinski definition) is 5. The second kappa shape index (κ2) is 5.92. The highest BCUT2D eigenvalue weighted by molar-refractivity contribution is 5.76. The molecule has 0 bridgehead atoms. The molecule has 1 aliphatic carbocycles. The number of aryl methyl sites for hydroxylation is 1. The van der Waals surface area contributed by atoms with Gasteiger partial charge in [-0.05, 0) is 35.3 Å². The first-order valence-corrected chi connectivity index (χ1v) is 7.04. The predicted octanol–water partition coefficient (Wildman–Crippen LogP) is 1.38. The van der Waals surface area contributed by atoms with Crippen LogP contribution in [0, 0.1) is 10.1 Å². The summed E-state index contributed by atoms with van der Waals surface area (Å²) in [5, 5.41) is 17.1. The molecule has 1 amide bonds. The summed E-state index contributed by atoms with van der Waals surface area (Å²) in [5.41, 5.74) is 2.40. The Morgan fingerprint density at radius 1 is 1.45 bits per heavy atom. The quantitative estimate of drug-likeness (QED) is 0.678. The summed E-state index contributed by atoms with van der Waals surface area (Å²) in [7, 11) is 0. The van der Waals surface area contributed by atoms with E-state index in [2.05, 4.69) is 21.5 Å². The number of nitro groups is 1. The van der Waals surface area contributed by atoms with E-state index in [-0.39, 0.29) is 18.5 Å². The van der Waals surface area contributed by atoms with Crippen LogP contribution >= 0.6 is 0 Å². The lowest BCUT2D eigenvalue weighted by atomic mass is 9.88. The topological polar surface area (TPSA) is 103 Å². The molecule has 1 aromatic carbocycles. The Morgan fingerprint density at radius 3 is 3.05 bits per heavy atom. The second-order valence-electron chi connectivity index (χ2n) is 5.21. The Morgan fingerprint density at radius 2 is 2.27 bits per heavy atom. The molecule has 8 nitrogen and oxygen atoms in total. The van der Waals surface area contributed by atoms with Gasteiger partial charge >= 0.3 is 5.95 Å². The lowest BCUT2D eigenvalue weighted by molar-refractivity contribution is -0.394. The van der Waals surface area contributed by atoms with Crippen LogP contribution in [0.1, 0.15) is 30.0 Å². The van der Waals surface area contributed by atoms with Gasteiger partial charge in [-0.2, -0.15) is 4.68 Å². The molecule has 1 unspecified atom stereocenters. The smallest absolute Gasteiger partial charge is 0.390 e. The van der Waals surface area contributed by atoms with Gasteiger partial charge in [-0.15, -0.1) is 0 Å². The van der Waals surface area contributed by atoms with Gasteiger partial charge in [-0.25, -0.2) is 0 Å². The third-order valence-electron chi connectivity index (χ3n) is 3.70. The van der Waals surface area contributed by atoms with E-state index in [4.69, 9.17) is 0 Å². The van der Waals surface area contributed by atoms with Crippen LogP contribution in [-0.4, -0.2) is 25.6 Å². The Labute approximate surface area is 126 Å². The van der Waals surface area contributed by atoms with Crippen molar-refractivity contribution >= 4 is 11.9 Å². The van der Waals surface area contributed by atoms with Gasteiger partial charge in [-0.3, -0.25) is 4.79 Å². The summed E-state index contributed by atoms with van der Waals surface area (Å²) < 4.78 is 1.17. The van der Waals surface area contributed by atoms with Gasteiger partial charge in [0, 0.05) is 5.10 Å². The van der Waals surface area contributed by atoms with Crippen LogP contribution in [0.3, 0.4) is 0 Å². The van der Waals surface area contributed by atoms with E-state index < -0.39 is 10.9 Å². The summed E-state index contributed by atoms with van der Waals surface area (Å²) in [6.07, 6.45) is 4.13. The van der Waals surface area contributed by atoms with Gasteiger partial charge in [0.25, 0.3) is 0 Å². The minimum absolute atomic E-state index is 0.0176. The van der Waals surface area contributed by atoms with Crippen molar-refractivity contribution in [3.05, 3.63) is 51.8 Å². The molecule has 1 aliphatic rings. The first-order chi connectivity index (χ1) is 10.6. The maximum Gasteiger partial charge on any atom is 0.490 e. The number of fused-ring (bicyclic) bond motifs is 1. The van der Waals surface area contributed by atoms with Crippen molar-refractivity contribution in [1.82, 2.24) is 20.1 Å². The average molecular weight is 301 g/mol. The van der Waals surface area contributed by atoms with Crippen LogP contribution in [0.5, 0.6) is 0 Å². The molecular formula is C14H15N5O3. The third kappa shape index (κ3) is 2.95. The minimum Gasteiger partial charge on any atom is -0.390 e. The number of nitrogens with zero attached hydrogens (tertiary/aromatic N) is 4. The van der Waals surface area contributed by atoms with Crippen molar-refractivity contribution in [2.24, 2.45) is 0 Å². The standard InChI is InChI=1S/C14H15N5O3/c20-13(8-18-9-15-14(17-18)19(21)22)16-12-7-3-5-10-4-1-2-6-11(10)12/h1-2,4,6,9,12H,3,5,7-8H2,(H,16,20). The van der Waals surface area contributed by atoms with Gasteiger partial charge in [0.15, 0.2) is 0 Å². The van der Waals surface area contributed by atoms with Crippen molar-refractivity contribution < 1.29 is 9.72 Å². The van der Waals surface area contributed by atoms with E-state index in [1.54, 1.807) is 0 Å². The normalized spacial score (nSPS) is 16.8. The van der Waals surface area contributed by atoms with Crippen LogP contribution < -0.4 is 5.32 Å². The SMILES string of the molecule is O=C(Cn1cnc([N+](=O)[O-])n1)NC1CCCc2ccccc21. The highest BCUT2D eigenvalue weighted by Crippen LogP contribution is 2.29. The highest BCUT2D eigenvalue weighted by atomic mass is 16.6. The summed E-state index contributed by atoms with van der Waals surface area (Å²) in [6.45, 7) is -0.0838. The Balaban J connectivity index is 1.66.